The van der Waals surface area contributed by atoms with Crippen LogP contribution in [-0.2, 0) is 0 Å². The number of aromatic nitrogens is 6. The summed E-state index contributed by atoms with van der Waals surface area (Å²) in [6, 6.07) is 13.6. The first-order chi connectivity index (χ1) is 14.8. The van der Waals surface area contributed by atoms with Gasteiger partial charge in [-0.05, 0) is 41.8 Å². The molecular formula is C22H14N6OS. The Morgan fingerprint density at radius 2 is 1.93 bits per heavy atom. The molecule has 0 aliphatic carbocycles. The number of pyridine rings is 3. The van der Waals surface area contributed by atoms with Crippen molar-refractivity contribution in [2.45, 2.75) is 0 Å². The van der Waals surface area contributed by atoms with Crippen LogP contribution in [-0.4, -0.2) is 35.2 Å². The van der Waals surface area contributed by atoms with Gasteiger partial charge in [0, 0.05) is 28.9 Å². The number of fused-ring (bicyclic) bond motifs is 2. The standard InChI is InChI=1S/C22H14N6OS/c29-13-8-12(10-23-11-13)15-3-4-17-21(26-15)22(28-27-17)18-9-14-16(25-18)5-6-24-20(14)19-2-1-7-30-19/h1-11,25,29H,(H,27,28). The van der Waals surface area contributed by atoms with E-state index in [0.717, 1.165) is 49.5 Å². The molecule has 6 heterocycles. The number of aromatic amines is 2. The summed E-state index contributed by atoms with van der Waals surface area (Å²) in [5.41, 5.74) is 6.56. The molecule has 30 heavy (non-hydrogen) atoms. The van der Waals surface area contributed by atoms with E-state index in [2.05, 4.69) is 37.3 Å². The van der Waals surface area contributed by atoms with Gasteiger partial charge in [-0.1, -0.05) is 6.07 Å². The van der Waals surface area contributed by atoms with E-state index in [9.17, 15) is 5.11 Å². The quantitative estimate of drug-likeness (QED) is 0.381. The lowest BCUT2D eigenvalue weighted by atomic mass is 10.1. The van der Waals surface area contributed by atoms with Crippen LogP contribution in [0.2, 0.25) is 0 Å². The first kappa shape index (κ1) is 16.9. The van der Waals surface area contributed by atoms with Crippen LogP contribution in [0.25, 0.3) is 55.2 Å². The zero-order valence-electron chi connectivity index (χ0n) is 15.5. The molecule has 6 rings (SSSR count). The van der Waals surface area contributed by atoms with E-state index < -0.39 is 0 Å². The van der Waals surface area contributed by atoms with Crippen molar-refractivity contribution >= 4 is 33.3 Å². The number of nitrogens with one attached hydrogen (secondary N) is 2. The summed E-state index contributed by atoms with van der Waals surface area (Å²) in [6.07, 6.45) is 4.89. The SMILES string of the molecule is Oc1cncc(-c2ccc3[nH]nc(-c4cc5c(-c6cccs6)nccc5[nH]4)c3n2)c1. The van der Waals surface area contributed by atoms with Gasteiger partial charge in [0.25, 0.3) is 0 Å². The lowest BCUT2D eigenvalue weighted by Gasteiger charge is -2.01. The van der Waals surface area contributed by atoms with Crippen molar-refractivity contribution in [3.63, 3.8) is 0 Å². The number of hydrogen-bond acceptors (Lipinski definition) is 6. The number of hydrogen-bond donors (Lipinski definition) is 3. The Morgan fingerprint density at radius 1 is 0.967 bits per heavy atom. The molecular weight excluding hydrogens is 396 g/mol. The molecule has 0 saturated carbocycles. The Labute approximate surface area is 174 Å². The zero-order chi connectivity index (χ0) is 20.1. The Morgan fingerprint density at radius 3 is 2.80 bits per heavy atom. The molecule has 6 aromatic heterocycles. The fraction of sp³-hybridized carbons (Fsp3) is 0. The molecule has 0 radical (unpaired) electrons. The number of thiophene rings is 1. The van der Waals surface area contributed by atoms with Gasteiger partial charge < -0.3 is 10.1 Å². The molecule has 8 heteroatoms. The lowest BCUT2D eigenvalue weighted by molar-refractivity contribution is 0.473. The van der Waals surface area contributed by atoms with E-state index in [1.165, 1.54) is 6.20 Å². The summed E-state index contributed by atoms with van der Waals surface area (Å²) >= 11 is 1.66. The van der Waals surface area contributed by atoms with Crippen LogP contribution in [0.15, 0.2) is 66.4 Å². The minimum Gasteiger partial charge on any atom is -0.506 e. The van der Waals surface area contributed by atoms with Crippen LogP contribution in [0, 0.1) is 0 Å². The summed E-state index contributed by atoms with van der Waals surface area (Å²) in [4.78, 5) is 18.0. The second-order valence-electron chi connectivity index (χ2n) is 6.88. The predicted molar refractivity (Wildman–Crippen MR) is 117 cm³/mol. The number of H-pyrrole nitrogens is 2. The molecule has 3 N–H and O–H groups in total. The van der Waals surface area contributed by atoms with E-state index in [1.54, 1.807) is 23.6 Å². The van der Waals surface area contributed by atoms with Gasteiger partial charge in [-0.2, -0.15) is 5.10 Å². The summed E-state index contributed by atoms with van der Waals surface area (Å²) in [6.45, 7) is 0. The van der Waals surface area contributed by atoms with Crippen molar-refractivity contribution in [2.24, 2.45) is 0 Å². The highest BCUT2D eigenvalue weighted by Gasteiger charge is 2.16. The zero-order valence-corrected chi connectivity index (χ0v) is 16.3. The van der Waals surface area contributed by atoms with E-state index in [-0.39, 0.29) is 5.75 Å². The Bertz CT molecular complexity index is 1520. The normalized spacial score (nSPS) is 11.5. The van der Waals surface area contributed by atoms with E-state index in [4.69, 9.17) is 4.98 Å². The van der Waals surface area contributed by atoms with Crippen molar-refractivity contribution in [1.29, 1.82) is 0 Å². The van der Waals surface area contributed by atoms with E-state index in [0.29, 0.717) is 5.69 Å². The molecule has 0 atom stereocenters. The monoisotopic (exact) mass is 410 g/mol. The molecule has 7 nitrogen and oxygen atoms in total. The number of nitrogens with zero attached hydrogens (tertiary/aromatic N) is 4. The first-order valence-electron chi connectivity index (χ1n) is 9.28. The first-order valence-corrected chi connectivity index (χ1v) is 10.2. The van der Waals surface area contributed by atoms with Gasteiger partial charge in [-0.15, -0.1) is 11.3 Å². The summed E-state index contributed by atoms with van der Waals surface area (Å²) in [7, 11) is 0. The second-order valence-corrected chi connectivity index (χ2v) is 7.83. The average Bonchev–Trinajstić information content (AvgIpc) is 3.51. The summed E-state index contributed by atoms with van der Waals surface area (Å²) in [5.74, 6) is 0.103. The van der Waals surface area contributed by atoms with Gasteiger partial charge >= 0.3 is 0 Å². The molecule has 0 amide bonds. The second kappa shape index (κ2) is 6.50. The fourth-order valence-corrected chi connectivity index (χ4v) is 4.34. The average molecular weight is 410 g/mol. The third kappa shape index (κ3) is 2.66. The highest BCUT2D eigenvalue weighted by Crippen LogP contribution is 2.34. The summed E-state index contributed by atoms with van der Waals surface area (Å²) in [5, 5.41) is 20.4. The molecule has 144 valence electrons. The maximum Gasteiger partial charge on any atom is 0.135 e. The van der Waals surface area contributed by atoms with Gasteiger partial charge in [0.1, 0.15) is 17.0 Å². The Hall–Kier alpha value is -4.04. The van der Waals surface area contributed by atoms with Gasteiger partial charge in [0.15, 0.2) is 0 Å². The molecule has 0 fully saturated rings. The van der Waals surface area contributed by atoms with Crippen LogP contribution in [0.5, 0.6) is 5.75 Å². The Kier molecular flexibility index (Phi) is 3.65. The van der Waals surface area contributed by atoms with Crippen molar-refractivity contribution in [1.82, 2.24) is 30.1 Å². The van der Waals surface area contributed by atoms with Crippen LogP contribution in [0.3, 0.4) is 0 Å². The van der Waals surface area contributed by atoms with Crippen LogP contribution in [0.4, 0.5) is 0 Å². The van der Waals surface area contributed by atoms with Crippen molar-refractivity contribution < 1.29 is 5.11 Å². The number of rotatable bonds is 3. The maximum atomic E-state index is 9.75. The smallest absolute Gasteiger partial charge is 0.135 e. The fourth-order valence-electron chi connectivity index (χ4n) is 3.61. The number of aromatic hydroxyl groups is 1. The molecule has 0 unspecified atom stereocenters. The molecule has 0 aromatic carbocycles. The van der Waals surface area contributed by atoms with Gasteiger partial charge in [-0.25, -0.2) is 4.98 Å². The Balaban J connectivity index is 1.52. The topological polar surface area (TPSA) is 103 Å². The molecule has 0 spiro atoms. The molecule has 0 aliphatic heterocycles. The molecule has 0 aliphatic rings. The predicted octanol–water partition coefficient (Wildman–Crippen LogP) is 5.00. The highest BCUT2D eigenvalue weighted by molar-refractivity contribution is 7.13. The minimum absolute atomic E-state index is 0.103. The van der Waals surface area contributed by atoms with Crippen molar-refractivity contribution in [3.8, 4) is 39.0 Å². The van der Waals surface area contributed by atoms with Gasteiger partial charge in [0.05, 0.1) is 33.7 Å². The lowest BCUT2D eigenvalue weighted by Crippen LogP contribution is -1.86. The molecule has 0 saturated heterocycles. The highest BCUT2D eigenvalue weighted by atomic mass is 32.1. The third-order valence-corrected chi connectivity index (χ3v) is 5.86. The van der Waals surface area contributed by atoms with Crippen LogP contribution < -0.4 is 0 Å². The van der Waals surface area contributed by atoms with Crippen molar-refractivity contribution in [2.75, 3.05) is 0 Å². The van der Waals surface area contributed by atoms with Crippen molar-refractivity contribution in [3.05, 3.63) is 66.4 Å². The minimum atomic E-state index is 0.103. The molecule has 6 aromatic rings. The molecule has 0 bridgehead atoms. The van der Waals surface area contributed by atoms with E-state index in [1.807, 2.05) is 35.8 Å². The largest absolute Gasteiger partial charge is 0.506 e. The maximum absolute atomic E-state index is 9.75. The third-order valence-electron chi connectivity index (χ3n) is 4.99. The van der Waals surface area contributed by atoms with Crippen LogP contribution >= 0.6 is 11.3 Å². The van der Waals surface area contributed by atoms with Gasteiger partial charge in [-0.3, -0.25) is 15.1 Å². The van der Waals surface area contributed by atoms with E-state index >= 15 is 0 Å². The van der Waals surface area contributed by atoms with Gasteiger partial charge in [0.2, 0.25) is 0 Å². The van der Waals surface area contributed by atoms with Crippen LogP contribution in [0.1, 0.15) is 0 Å². The summed E-state index contributed by atoms with van der Waals surface area (Å²) < 4.78 is 0.